The van der Waals surface area contributed by atoms with E-state index >= 15 is 0 Å². The standard InChI is InChI=1S/C10H11NO2/c12-7-11-9(6-10(11)13)8-4-2-1-3-5-8/h1-5,9,12H,6-7H2/t9-/m0/s1. The van der Waals surface area contributed by atoms with E-state index in [1.807, 2.05) is 30.3 Å². The molecule has 0 bridgehead atoms. The lowest BCUT2D eigenvalue weighted by Gasteiger charge is -2.39. The number of hydrogen-bond donors (Lipinski definition) is 1. The minimum absolute atomic E-state index is 0.0244. The number of nitrogens with zero attached hydrogens (tertiary/aromatic N) is 1. The van der Waals surface area contributed by atoms with Gasteiger partial charge >= 0.3 is 0 Å². The summed E-state index contributed by atoms with van der Waals surface area (Å²) >= 11 is 0. The van der Waals surface area contributed by atoms with Crippen LogP contribution in [0.1, 0.15) is 18.0 Å². The van der Waals surface area contributed by atoms with E-state index in [1.54, 1.807) is 0 Å². The molecule has 1 aliphatic heterocycles. The Morgan fingerprint density at radius 1 is 1.38 bits per heavy atom. The molecular formula is C10H11NO2. The summed E-state index contributed by atoms with van der Waals surface area (Å²) in [6, 6.07) is 9.84. The van der Waals surface area contributed by atoms with Gasteiger partial charge in [-0.05, 0) is 5.56 Å². The molecule has 0 aliphatic carbocycles. The van der Waals surface area contributed by atoms with Crippen LogP contribution < -0.4 is 0 Å². The first kappa shape index (κ1) is 8.26. The highest BCUT2D eigenvalue weighted by molar-refractivity contribution is 5.83. The van der Waals surface area contributed by atoms with Crippen molar-refractivity contribution >= 4 is 5.91 Å². The Labute approximate surface area is 76.6 Å². The Balaban J connectivity index is 2.16. The summed E-state index contributed by atoms with van der Waals surface area (Å²) in [4.78, 5) is 12.5. The topological polar surface area (TPSA) is 40.5 Å². The molecule has 3 heteroatoms. The van der Waals surface area contributed by atoms with Crippen LogP contribution in [-0.2, 0) is 4.79 Å². The number of rotatable bonds is 2. The van der Waals surface area contributed by atoms with Crippen molar-refractivity contribution in [2.75, 3.05) is 6.73 Å². The number of amides is 1. The zero-order valence-corrected chi connectivity index (χ0v) is 7.18. The van der Waals surface area contributed by atoms with Crippen molar-refractivity contribution in [3.8, 4) is 0 Å². The van der Waals surface area contributed by atoms with Crippen LogP contribution in [0.2, 0.25) is 0 Å². The minimum Gasteiger partial charge on any atom is -0.376 e. The van der Waals surface area contributed by atoms with E-state index in [9.17, 15) is 4.79 Å². The molecule has 0 unspecified atom stereocenters. The fraction of sp³-hybridized carbons (Fsp3) is 0.300. The predicted octanol–water partition coefficient (Wildman–Crippen LogP) is 0.910. The van der Waals surface area contributed by atoms with E-state index < -0.39 is 0 Å². The van der Waals surface area contributed by atoms with Crippen LogP contribution in [0.3, 0.4) is 0 Å². The van der Waals surface area contributed by atoms with Gasteiger partial charge in [-0.15, -0.1) is 0 Å². The van der Waals surface area contributed by atoms with Gasteiger partial charge in [0.1, 0.15) is 6.73 Å². The first-order valence-corrected chi connectivity index (χ1v) is 4.28. The maximum absolute atomic E-state index is 11.0. The molecule has 3 nitrogen and oxygen atoms in total. The van der Waals surface area contributed by atoms with Gasteiger partial charge in [0.25, 0.3) is 0 Å². The van der Waals surface area contributed by atoms with Crippen LogP contribution in [0, 0.1) is 0 Å². The van der Waals surface area contributed by atoms with Crippen LogP contribution in [0.25, 0.3) is 0 Å². The van der Waals surface area contributed by atoms with Gasteiger partial charge in [-0.3, -0.25) is 4.79 Å². The number of benzene rings is 1. The number of carbonyl (C=O) groups is 1. The summed E-state index contributed by atoms with van der Waals surface area (Å²) < 4.78 is 0. The second-order valence-electron chi connectivity index (χ2n) is 3.14. The summed E-state index contributed by atoms with van der Waals surface area (Å²) in [7, 11) is 0. The molecule has 0 radical (unpaired) electrons. The molecule has 1 amide bonds. The van der Waals surface area contributed by atoms with Crippen molar-refractivity contribution in [1.82, 2.24) is 4.90 Å². The number of aliphatic hydroxyl groups is 1. The number of carbonyl (C=O) groups excluding carboxylic acids is 1. The van der Waals surface area contributed by atoms with Crippen LogP contribution in [0.4, 0.5) is 0 Å². The van der Waals surface area contributed by atoms with E-state index in [2.05, 4.69) is 0 Å². The summed E-state index contributed by atoms with van der Waals surface area (Å²) in [5.74, 6) is 0.0244. The molecule has 1 atom stereocenters. The van der Waals surface area contributed by atoms with Crippen LogP contribution in [-0.4, -0.2) is 22.6 Å². The molecule has 0 saturated carbocycles. The monoisotopic (exact) mass is 177 g/mol. The van der Waals surface area contributed by atoms with Crippen molar-refractivity contribution in [3.05, 3.63) is 35.9 Å². The molecule has 1 aromatic rings. The SMILES string of the molecule is O=C1C[C@@H](c2ccccc2)N1CO. The Morgan fingerprint density at radius 2 is 2.08 bits per heavy atom. The average molecular weight is 177 g/mol. The van der Waals surface area contributed by atoms with Crippen molar-refractivity contribution in [2.24, 2.45) is 0 Å². The molecule has 68 valence electrons. The maximum atomic E-state index is 11.0. The van der Waals surface area contributed by atoms with Gasteiger partial charge in [0.15, 0.2) is 0 Å². The van der Waals surface area contributed by atoms with Gasteiger partial charge in [0.2, 0.25) is 5.91 Å². The quantitative estimate of drug-likeness (QED) is 0.682. The minimum atomic E-state index is -0.182. The van der Waals surface area contributed by atoms with E-state index in [0.717, 1.165) is 5.56 Å². The third kappa shape index (κ3) is 1.31. The zero-order chi connectivity index (χ0) is 9.26. The summed E-state index contributed by atoms with van der Waals surface area (Å²) in [6.45, 7) is -0.182. The molecular weight excluding hydrogens is 166 g/mol. The number of β-lactam (4-membered cyclic amide) rings is 1. The average Bonchev–Trinajstić information content (AvgIpc) is 2.16. The summed E-state index contributed by atoms with van der Waals surface area (Å²) in [6.07, 6.45) is 0.518. The van der Waals surface area contributed by atoms with Gasteiger partial charge < -0.3 is 10.0 Å². The molecule has 1 heterocycles. The van der Waals surface area contributed by atoms with Gasteiger partial charge in [-0.25, -0.2) is 0 Å². The Kier molecular flexibility index (Phi) is 2.02. The molecule has 2 rings (SSSR count). The maximum Gasteiger partial charge on any atom is 0.227 e. The Morgan fingerprint density at radius 3 is 2.62 bits per heavy atom. The smallest absolute Gasteiger partial charge is 0.227 e. The van der Waals surface area contributed by atoms with E-state index in [0.29, 0.717) is 6.42 Å². The fourth-order valence-corrected chi connectivity index (χ4v) is 1.60. The Bertz CT molecular complexity index is 310. The normalized spacial score (nSPS) is 21.5. The first-order valence-electron chi connectivity index (χ1n) is 4.28. The van der Waals surface area contributed by atoms with Crippen molar-refractivity contribution in [1.29, 1.82) is 0 Å². The number of likely N-dealkylation sites (tertiary alicyclic amines) is 1. The lowest BCUT2D eigenvalue weighted by atomic mass is 9.95. The highest BCUT2D eigenvalue weighted by Crippen LogP contribution is 2.33. The highest BCUT2D eigenvalue weighted by atomic mass is 16.3. The zero-order valence-electron chi connectivity index (χ0n) is 7.18. The molecule has 0 aromatic heterocycles. The van der Waals surface area contributed by atoms with Crippen LogP contribution in [0.5, 0.6) is 0 Å². The Hall–Kier alpha value is -1.35. The van der Waals surface area contributed by atoms with Crippen molar-refractivity contribution < 1.29 is 9.90 Å². The number of hydrogen-bond acceptors (Lipinski definition) is 2. The third-order valence-corrected chi connectivity index (χ3v) is 2.40. The largest absolute Gasteiger partial charge is 0.376 e. The van der Waals surface area contributed by atoms with Crippen molar-refractivity contribution in [3.63, 3.8) is 0 Å². The lowest BCUT2D eigenvalue weighted by molar-refractivity contribution is -0.152. The fourth-order valence-electron chi connectivity index (χ4n) is 1.60. The van der Waals surface area contributed by atoms with E-state index in [4.69, 9.17) is 5.11 Å². The first-order chi connectivity index (χ1) is 6.33. The highest BCUT2D eigenvalue weighted by Gasteiger charge is 2.36. The second kappa shape index (κ2) is 3.18. The molecule has 1 saturated heterocycles. The van der Waals surface area contributed by atoms with Gasteiger partial charge in [-0.2, -0.15) is 0 Å². The van der Waals surface area contributed by atoms with Crippen LogP contribution >= 0.6 is 0 Å². The molecule has 1 N–H and O–H groups in total. The predicted molar refractivity (Wildman–Crippen MR) is 47.7 cm³/mol. The third-order valence-electron chi connectivity index (χ3n) is 2.40. The van der Waals surface area contributed by atoms with E-state index in [1.165, 1.54) is 4.90 Å². The molecule has 1 aromatic carbocycles. The van der Waals surface area contributed by atoms with Gasteiger partial charge in [0, 0.05) is 0 Å². The summed E-state index contributed by atoms with van der Waals surface area (Å²) in [5.41, 5.74) is 1.09. The van der Waals surface area contributed by atoms with Crippen molar-refractivity contribution in [2.45, 2.75) is 12.5 Å². The molecule has 1 aliphatic rings. The second-order valence-corrected chi connectivity index (χ2v) is 3.14. The van der Waals surface area contributed by atoms with E-state index in [-0.39, 0.29) is 18.7 Å². The van der Waals surface area contributed by atoms with Crippen LogP contribution in [0.15, 0.2) is 30.3 Å². The number of aliphatic hydroxyl groups excluding tert-OH is 1. The molecule has 1 fully saturated rings. The summed E-state index contributed by atoms with van der Waals surface area (Å²) in [5, 5.41) is 8.89. The lowest BCUT2D eigenvalue weighted by Crippen LogP contribution is -2.46. The molecule has 13 heavy (non-hydrogen) atoms. The van der Waals surface area contributed by atoms with Gasteiger partial charge in [-0.1, -0.05) is 30.3 Å². The van der Waals surface area contributed by atoms with Gasteiger partial charge in [0.05, 0.1) is 12.5 Å². The molecule has 0 spiro atoms.